The van der Waals surface area contributed by atoms with Crippen molar-refractivity contribution >= 4 is 48.1 Å². The predicted octanol–water partition coefficient (Wildman–Crippen LogP) is -0.0914. The topological polar surface area (TPSA) is 157 Å². The van der Waals surface area contributed by atoms with Crippen molar-refractivity contribution in [3.63, 3.8) is 0 Å². The van der Waals surface area contributed by atoms with Gasteiger partial charge in [0, 0.05) is 12.2 Å². The molecular formula is C22H32N4O6S2. The fraction of sp³-hybridized carbons (Fsp3) is 0.545. The lowest BCUT2D eigenvalue weighted by molar-refractivity contribution is -0.142. The Kier molecular flexibility index (Phi) is 11.5. The highest BCUT2D eigenvalue weighted by atomic mass is 32.2. The first-order chi connectivity index (χ1) is 16.2. The molecule has 4 unspecified atom stereocenters. The van der Waals surface area contributed by atoms with Crippen molar-refractivity contribution in [3.8, 4) is 5.75 Å². The van der Waals surface area contributed by atoms with E-state index in [-0.39, 0.29) is 36.3 Å². The molecule has 3 amide bonds. The minimum Gasteiger partial charge on any atom is -0.508 e. The number of phenolic OH excluding ortho intramolecular Hbond substituents is 1. The maximum atomic E-state index is 12.9. The van der Waals surface area contributed by atoms with Crippen LogP contribution in [0.4, 0.5) is 0 Å². The second-order valence-corrected chi connectivity index (χ2v) is 9.36. The molecule has 1 aromatic rings. The Labute approximate surface area is 208 Å². The van der Waals surface area contributed by atoms with E-state index in [9.17, 15) is 29.4 Å². The second kappa shape index (κ2) is 14.1. The van der Waals surface area contributed by atoms with E-state index in [1.165, 1.54) is 23.9 Å². The van der Waals surface area contributed by atoms with E-state index in [1.807, 2.05) is 6.26 Å². The number of carbonyl (C=O) groups excluding carboxylic acids is 3. The summed E-state index contributed by atoms with van der Waals surface area (Å²) >= 11 is 5.65. The van der Waals surface area contributed by atoms with Crippen molar-refractivity contribution in [3.05, 3.63) is 29.8 Å². The van der Waals surface area contributed by atoms with Gasteiger partial charge in [-0.3, -0.25) is 14.4 Å². The number of nitrogens with one attached hydrogen (secondary N) is 4. The Morgan fingerprint density at radius 3 is 2.29 bits per heavy atom. The van der Waals surface area contributed by atoms with Crippen LogP contribution < -0.4 is 21.3 Å². The molecule has 0 aromatic heterocycles. The number of thioether (sulfide) groups is 1. The highest BCUT2D eigenvalue weighted by Crippen LogP contribution is 2.12. The largest absolute Gasteiger partial charge is 0.508 e. The van der Waals surface area contributed by atoms with Crippen LogP contribution in [0.5, 0.6) is 5.75 Å². The first-order valence-corrected chi connectivity index (χ1v) is 13.0. The molecule has 1 aromatic carbocycles. The summed E-state index contributed by atoms with van der Waals surface area (Å²) in [5, 5.41) is 29.9. The van der Waals surface area contributed by atoms with E-state index < -0.39 is 35.9 Å². The van der Waals surface area contributed by atoms with Gasteiger partial charge < -0.3 is 31.5 Å². The molecule has 0 bridgehead atoms. The first kappa shape index (κ1) is 27.8. The zero-order valence-electron chi connectivity index (χ0n) is 19.0. The second-order valence-electron chi connectivity index (χ2n) is 8.01. The molecule has 12 heteroatoms. The van der Waals surface area contributed by atoms with Crippen LogP contribution in [0, 0.1) is 0 Å². The van der Waals surface area contributed by atoms with E-state index >= 15 is 0 Å². The number of carboxylic acid groups (broad SMARTS) is 1. The summed E-state index contributed by atoms with van der Waals surface area (Å²) in [5.74, 6) is -2.06. The van der Waals surface area contributed by atoms with Crippen LogP contribution in [0.2, 0.25) is 0 Å². The molecular weight excluding hydrogens is 480 g/mol. The van der Waals surface area contributed by atoms with E-state index in [4.69, 9.17) is 0 Å². The molecule has 188 valence electrons. The molecule has 1 aliphatic heterocycles. The number of thiol groups is 1. The normalized spacial score (nSPS) is 17.9. The zero-order valence-corrected chi connectivity index (χ0v) is 20.7. The van der Waals surface area contributed by atoms with Gasteiger partial charge in [0.1, 0.15) is 23.9 Å². The molecule has 34 heavy (non-hydrogen) atoms. The van der Waals surface area contributed by atoms with Crippen molar-refractivity contribution in [2.45, 2.75) is 49.9 Å². The lowest BCUT2D eigenvalue weighted by Gasteiger charge is -2.24. The minimum absolute atomic E-state index is 0.00819. The number of aliphatic carboxylic acids is 1. The van der Waals surface area contributed by atoms with Crippen molar-refractivity contribution in [2.75, 3.05) is 24.3 Å². The van der Waals surface area contributed by atoms with Crippen LogP contribution in [-0.2, 0) is 25.6 Å². The molecule has 1 fully saturated rings. The van der Waals surface area contributed by atoms with Crippen LogP contribution in [0.15, 0.2) is 24.3 Å². The van der Waals surface area contributed by atoms with Gasteiger partial charge >= 0.3 is 5.97 Å². The van der Waals surface area contributed by atoms with Crippen molar-refractivity contribution in [1.29, 1.82) is 0 Å². The number of amides is 3. The standard InChI is InChI=1S/C22H32N4O6S2/c1-34-10-8-16(24-21(30)18(12-33)26-19(28)15-3-2-9-23-15)20(29)25-17(22(31)32)11-13-4-6-14(27)7-5-13/h4-7,15-18,23,27,33H,2-3,8-12H2,1H3,(H,24,30)(H,25,29)(H,26,28)(H,31,32). The number of hydrogen-bond acceptors (Lipinski definition) is 8. The van der Waals surface area contributed by atoms with Gasteiger partial charge in [0.05, 0.1) is 6.04 Å². The Bertz CT molecular complexity index is 848. The van der Waals surface area contributed by atoms with Crippen LogP contribution >= 0.6 is 24.4 Å². The highest BCUT2D eigenvalue weighted by molar-refractivity contribution is 7.98. The van der Waals surface area contributed by atoms with Gasteiger partial charge in [0.15, 0.2) is 0 Å². The van der Waals surface area contributed by atoms with Crippen molar-refractivity contribution < 1.29 is 29.4 Å². The molecule has 10 nitrogen and oxygen atoms in total. The van der Waals surface area contributed by atoms with Crippen molar-refractivity contribution in [2.24, 2.45) is 0 Å². The number of carbonyl (C=O) groups is 4. The quantitative estimate of drug-likeness (QED) is 0.181. The fourth-order valence-electron chi connectivity index (χ4n) is 3.49. The lowest BCUT2D eigenvalue weighted by Crippen LogP contribution is -2.57. The van der Waals surface area contributed by atoms with Gasteiger partial charge in [-0.2, -0.15) is 24.4 Å². The fourth-order valence-corrected chi connectivity index (χ4v) is 4.22. The molecule has 4 atom stereocenters. The van der Waals surface area contributed by atoms with Crippen LogP contribution in [0.25, 0.3) is 0 Å². The third-order valence-electron chi connectivity index (χ3n) is 5.43. The SMILES string of the molecule is CSCCC(NC(=O)C(CS)NC(=O)C1CCCN1)C(=O)NC(Cc1ccc(O)cc1)C(=O)O. The van der Waals surface area contributed by atoms with Crippen LogP contribution in [0.3, 0.4) is 0 Å². The molecule has 2 rings (SSSR count). The molecule has 6 N–H and O–H groups in total. The van der Waals surface area contributed by atoms with E-state index in [2.05, 4.69) is 33.9 Å². The lowest BCUT2D eigenvalue weighted by atomic mass is 10.0. The third-order valence-corrected chi connectivity index (χ3v) is 6.44. The van der Waals surface area contributed by atoms with Gasteiger partial charge in [-0.15, -0.1) is 0 Å². The molecule has 1 aliphatic rings. The van der Waals surface area contributed by atoms with Gasteiger partial charge in [0.25, 0.3) is 0 Å². The van der Waals surface area contributed by atoms with Crippen LogP contribution in [-0.4, -0.2) is 82.4 Å². The Morgan fingerprint density at radius 2 is 1.74 bits per heavy atom. The highest BCUT2D eigenvalue weighted by Gasteiger charge is 2.30. The molecule has 0 radical (unpaired) electrons. The summed E-state index contributed by atoms with van der Waals surface area (Å²) < 4.78 is 0. The number of phenols is 1. The number of benzene rings is 1. The minimum atomic E-state index is -1.22. The summed E-state index contributed by atoms with van der Waals surface area (Å²) in [7, 11) is 0. The summed E-state index contributed by atoms with van der Waals surface area (Å²) in [6, 6.07) is 2.52. The number of hydrogen-bond donors (Lipinski definition) is 7. The third kappa shape index (κ3) is 8.73. The number of aromatic hydroxyl groups is 1. The van der Waals surface area contributed by atoms with E-state index in [0.717, 1.165) is 13.0 Å². The summed E-state index contributed by atoms with van der Waals surface area (Å²) in [5.41, 5.74) is 0.619. The number of rotatable bonds is 13. The Balaban J connectivity index is 2.03. The van der Waals surface area contributed by atoms with Gasteiger partial charge in [0.2, 0.25) is 17.7 Å². The molecule has 0 saturated carbocycles. The van der Waals surface area contributed by atoms with E-state index in [1.54, 1.807) is 12.1 Å². The molecule has 1 saturated heterocycles. The van der Waals surface area contributed by atoms with E-state index in [0.29, 0.717) is 17.7 Å². The molecule has 1 heterocycles. The Morgan fingerprint density at radius 1 is 1.09 bits per heavy atom. The van der Waals surface area contributed by atoms with Gasteiger partial charge in [-0.25, -0.2) is 4.79 Å². The molecule has 0 spiro atoms. The average molecular weight is 513 g/mol. The van der Waals surface area contributed by atoms with Crippen molar-refractivity contribution in [1.82, 2.24) is 21.3 Å². The summed E-state index contributed by atoms with van der Waals surface area (Å²) in [6.45, 7) is 0.738. The monoisotopic (exact) mass is 512 g/mol. The Hall–Kier alpha value is -2.44. The number of carboxylic acids is 1. The summed E-state index contributed by atoms with van der Waals surface area (Å²) in [6.07, 6.45) is 3.70. The van der Waals surface area contributed by atoms with Crippen LogP contribution in [0.1, 0.15) is 24.8 Å². The first-order valence-electron chi connectivity index (χ1n) is 11.0. The maximum absolute atomic E-state index is 12.9. The summed E-state index contributed by atoms with van der Waals surface area (Å²) in [4.78, 5) is 49.9. The smallest absolute Gasteiger partial charge is 0.326 e. The van der Waals surface area contributed by atoms with Gasteiger partial charge in [-0.1, -0.05) is 12.1 Å². The maximum Gasteiger partial charge on any atom is 0.326 e. The average Bonchev–Trinajstić information content (AvgIpc) is 3.35. The molecule has 0 aliphatic carbocycles. The predicted molar refractivity (Wildman–Crippen MR) is 133 cm³/mol. The van der Waals surface area contributed by atoms with Gasteiger partial charge in [-0.05, 0) is 55.5 Å². The zero-order chi connectivity index (χ0) is 25.1.